The number of amides is 2. The highest BCUT2D eigenvalue weighted by Gasteiger charge is 2.30. The van der Waals surface area contributed by atoms with Crippen molar-refractivity contribution in [3.63, 3.8) is 0 Å². The zero-order valence-corrected chi connectivity index (χ0v) is 25.3. The van der Waals surface area contributed by atoms with Crippen molar-refractivity contribution in [2.75, 3.05) is 20.3 Å². The minimum atomic E-state index is -0.969. The molecule has 2 rings (SSSR count). The molecule has 0 radical (unpaired) electrons. The van der Waals surface area contributed by atoms with Crippen LogP contribution in [-0.2, 0) is 23.7 Å². The molecule has 41 heavy (non-hydrogen) atoms. The predicted molar refractivity (Wildman–Crippen MR) is 153 cm³/mol. The molecule has 0 bridgehead atoms. The van der Waals surface area contributed by atoms with Crippen LogP contribution in [0.1, 0.15) is 87.8 Å². The van der Waals surface area contributed by atoms with Crippen molar-refractivity contribution in [2.45, 2.75) is 79.1 Å². The highest BCUT2D eigenvalue weighted by molar-refractivity contribution is 5.97. The molecular formula is C30H43N3O8. The van der Waals surface area contributed by atoms with Gasteiger partial charge in [0.25, 0.3) is 5.91 Å². The molecule has 1 aromatic heterocycles. The standard InChI is InChI=1S/C30H43N3O8/c1-17(2)24(33-29(37)41-30(6,7)8)28(36)40-20(5)16-39-27(35)25-22(18(3)14-19(4)38-9)12-13-23(32-25)26(34)31-15-21-10-11-21/h12-14,17,20-21,24H,4,10-11,15-16H2,1-3,5-9H3,(H,31,34)(H,33,37)/b18-14+/t20?,24-/m0/s1. The molecule has 2 amide bonds. The maximum absolute atomic E-state index is 13.2. The second-order valence-corrected chi connectivity index (χ2v) is 11.5. The molecule has 0 aromatic carbocycles. The molecule has 1 aliphatic carbocycles. The molecule has 0 aliphatic heterocycles. The van der Waals surface area contributed by atoms with Crippen molar-refractivity contribution >= 4 is 29.5 Å². The van der Waals surface area contributed by atoms with Crippen molar-refractivity contribution in [1.82, 2.24) is 15.6 Å². The van der Waals surface area contributed by atoms with Gasteiger partial charge >= 0.3 is 18.0 Å². The van der Waals surface area contributed by atoms with Gasteiger partial charge in [0.1, 0.15) is 35.8 Å². The lowest BCUT2D eigenvalue weighted by Gasteiger charge is -2.25. The average molecular weight is 574 g/mol. The number of nitrogens with zero attached hydrogens (tertiary/aromatic N) is 1. The number of carbonyl (C=O) groups is 4. The molecule has 0 spiro atoms. The molecule has 11 nitrogen and oxygen atoms in total. The lowest BCUT2D eigenvalue weighted by Crippen LogP contribution is -2.48. The summed E-state index contributed by atoms with van der Waals surface area (Å²) in [5, 5.41) is 5.37. The Hall–Kier alpha value is -3.89. The topological polar surface area (TPSA) is 142 Å². The van der Waals surface area contributed by atoms with Gasteiger partial charge in [0.2, 0.25) is 0 Å². The summed E-state index contributed by atoms with van der Waals surface area (Å²) in [6.45, 7) is 16.0. The minimum Gasteiger partial charge on any atom is -0.497 e. The second-order valence-electron chi connectivity index (χ2n) is 11.5. The van der Waals surface area contributed by atoms with E-state index in [1.807, 2.05) is 0 Å². The third kappa shape index (κ3) is 11.3. The van der Waals surface area contributed by atoms with Gasteiger partial charge in [0, 0.05) is 12.1 Å². The summed E-state index contributed by atoms with van der Waals surface area (Å²) in [6, 6.07) is 2.18. The van der Waals surface area contributed by atoms with Gasteiger partial charge in [-0.1, -0.05) is 20.4 Å². The summed E-state index contributed by atoms with van der Waals surface area (Å²) in [5.41, 5.74) is 0.314. The van der Waals surface area contributed by atoms with Crippen molar-refractivity contribution in [3.8, 4) is 0 Å². The van der Waals surface area contributed by atoms with E-state index in [4.69, 9.17) is 18.9 Å². The Morgan fingerprint density at radius 1 is 1.15 bits per heavy atom. The minimum absolute atomic E-state index is 0.0761. The van der Waals surface area contributed by atoms with Crippen LogP contribution in [0, 0.1) is 11.8 Å². The first-order valence-electron chi connectivity index (χ1n) is 13.7. The van der Waals surface area contributed by atoms with Crippen LogP contribution in [-0.4, -0.2) is 66.9 Å². The number of aromatic nitrogens is 1. The monoisotopic (exact) mass is 573 g/mol. The van der Waals surface area contributed by atoms with Crippen LogP contribution >= 0.6 is 0 Å². The Bertz CT molecular complexity index is 1160. The fourth-order valence-electron chi connectivity index (χ4n) is 3.59. The average Bonchev–Trinajstić information content (AvgIpc) is 3.71. The Kier molecular flexibility index (Phi) is 11.9. The molecule has 1 aromatic rings. The van der Waals surface area contributed by atoms with Gasteiger partial charge in [0.15, 0.2) is 5.69 Å². The van der Waals surface area contributed by atoms with Gasteiger partial charge in [-0.2, -0.15) is 0 Å². The van der Waals surface area contributed by atoms with Crippen molar-refractivity contribution in [3.05, 3.63) is 47.5 Å². The maximum Gasteiger partial charge on any atom is 0.408 e. The lowest BCUT2D eigenvalue weighted by molar-refractivity contribution is -0.154. The van der Waals surface area contributed by atoms with Crippen molar-refractivity contribution < 1.29 is 38.1 Å². The first-order valence-corrected chi connectivity index (χ1v) is 13.7. The van der Waals surface area contributed by atoms with Gasteiger partial charge in [-0.15, -0.1) is 0 Å². The fraction of sp³-hybridized carbons (Fsp3) is 0.567. The van der Waals surface area contributed by atoms with Gasteiger partial charge in [0.05, 0.1) is 7.11 Å². The molecule has 2 N–H and O–H groups in total. The molecule has 2 atom stereocenters. The van der Waals surface area contributed by atoms with E-state index < -0.39 is 35.8 Å². The third-order valence-corrected chi connectivity index (χ3v) is 5.99. The molecule has 1 aliphatic rings. The van der Waals surface area contributed by atoms with Gasteiger partial charge in [-0.3, -0.25) is 4.79 Å². The summed E-state index contributed by atoms with van der Waals surface area (Å²) in [6.07, 6.45) is 2.21. The molecule has 1 heterocycles. The Morgan fingerprint density at radius 3 is 2.37 bits per heavy atom. The highest BCUT2D eigenvalue weighted by Crippen LogP contribution is 2.27. The van der Waals surface area contributed by atoms with Crippen LogP contribution in [0.2, 0.25) is 0 Å². The van der Waals surface area contributed by atoms with E-state index in [0.29, 0.717) is 29.4 Å². The summed E-state index contributed by atoms with van der Waals surface area (Å²) in [7, 11) is 1.47. The van der Waals surface area contributed by atoms with Crippen LogP contribution < -0.4 is 10.6 Å². The van der Waals surface area contributed by atoms with Crippen molar-refractivity contribution in [2.24, 2.45) is 11.8 Å². The second kappa shape index (κ2) is 14.7. The predicted octanol–water partition coefficient (Wildman–Crippen LogP) is 4.42. The molecule has 1 unspecified atom stereocenters. The summed E-state index contributed by atoms with van der Waals surface area (Å²) >= 11 is 0. The van der Waals surface area contributed by atoms with Crippen molar-refractivity contribution in [1.29, 1.82) is 0 Å². The smallest absolute Gasteiger partial charge is 0.408 e. The molecular weight excluding hydrogens is 530 g/mol. The number of ether oxygens (including phenoxy) is 4. The molecule has 11 heteroatoms. The summed E-state index contributed by atoms with van der Waals surface area (Å²) in [5.74, 6) is -1.33. The van der Waals surface area contributed by atoms with E-state index in [9.17, 15) is 19.2 Å². The molecule has 1 fully saturated rings. The quantitative estimate of drug-likeness (QED) is 0.152. The van der Waals surface area contributed by atoms with Crippen LogP contribution in [0.4, 0.5) is 4.79 Å². The number of rotatable bonds is 13. The van der Waals surface area contributed by atoms with Crippen LogP contribution in [0.25, 0.3) is 5.57 Å². The number of hydrogen-bond donors (Lipinski definition) is 2. The number of pyridine rings is 1. The van der Waals surface area contributed by atoms with E-state index in [2.05, 4.69) is 22.2 Å². The highest BCUT2D eigenvalue weighted by atomic mass is 16.6. The van der Waals surface area contributed by atoms with Crippen LogP contribution in [0.3, 0.4) is 0 Å². The number of alkyl carbamates (subject to hydrolysis) is 1. The third-order valence-electron chi connectivity index (χ3n) is 5.99. The number of nitrogens with one attached hydrogen (secondary N) is 2. The van der Waals surface area contributed by atoms with E-state index in [-0.39, 0.29) is 29.8 Å². The number of hydrogen-bond acceptors (Lipinski definition) is 9. The number of allylic oxidation sites excluding steroid dienone is 2. The number of esters is 2. The van der Waals surface area contributed by atoms with E-state index >= 15 is 0 Å². The maximum atomic E-state index is 13.2. The molecule has 1 saturated carbocycles. The summed E-state index contributed by atoms with van der Waals surface area (Å²) in [4.78, 5) is 55.1. The molecule has 226 valence electrons. The SMILES string of the molecule is C=C(/C=C(\C)c1ccc(C(=O)NCC2CC2)nc1C(=O)OCC(C)OC(=O)[C@@H](NC(=O)OC(C)(C)C)C(C)C)OC. The zero-order chi connectivity index (χ0) is 30.9. The van der Waals surface area contributed by atoms with Gasteiger partial charge < -0.3 is 29.6 Å². The largest absolute Gasteiger partial charge is 0.497 e. The Balaban J connectivity index is 2.13. The molecule has 0 saturated heterocycles. The normalized spacial score (nSPS) is 14.9. The van der Waals surface area contributed by atoms with E-state index in [1.54, 1.807) is 60.6 Å². The lowest BCUT2D eigenvalue weighted by atomic mass is 10.0. The zero-order valence-electron chi connectivity index (χ0n) is 25.3. The summed E-state index contributed by atoms with van der Waals surface area (Å²) < 4.78 is 21.2. The van der Waals surface area contributed by atoms with Crippen LogP contribution in [0.15, 0.2) is 30.5 Å². The van der Waals surface area contributed by atoms with Gasteiger partial charge in [-0.25, -0.2) is 19.4 Å². The Labute approximate surface area is 242 Å². The van der Waals surface area contributed by atoms with Crippen LogP contribution in [0.5, 0.6) is 0 Å². The fourth-order valence-corrected chi connectivity index (χ4v) is 3.59. The number of carbonyl (C=O) groups excluding carboxylic acids is 4. The first-order chi connectivity index (χ1) is 19.1. The van der Waals surface area contributed by atoms with E-state index in [1.165, 1.54) is 13.2 Å². The number of methoxy groups -OCH3 is 1. The first kappa shape index (κ1) is 33.3. The van der Waals surface area contributed by atoms with E-state index in [0.717, 1.165) is 12.8 Å². The Morgan fingerprint density at radius 2 is 1.80 bits per heavy atom. The van der Waals surface area contributed by atoms with Gasteiger partial charge in [-0.05, 0) is 83.1 Å².